The van der Waals surface area contributed by atoms with Crippen molar-refractivity contribution >= 4 is 17.7 Å². The lowest BCUT2D eigenvalue weighted by molar-refractivity contribution is -0.120. The van der Waals surface area contributed by atoms with Gasteiger partial charge in [-0.15, -0.1) is 11.8 Å². The lowest BCUT2D eigenvalue weighted by Crippen LogP contribution is -2.33. The van der Waals surface area contributed by atoms with E-state index in [9.17, 15) is 4.79 Å². The van der Waals surface area contributed by atoms with Gasteiger partial charge in [-0.25, -0.2) is 0 Å². The van der Waals surface area contributed by atoms with Gasteiger partial charge in [0, 0.05) is 12.1 Å². The van der Waals surface area contributed by atoms with Crippen LogP contribution in [-0.2, 0) is 11.3 Å². The molecule has 3 N–H and O–H groups in total. The molecule has 1 aliphatic heterocycles. The van der Waals surface area contributed by atoms with Crippen molar-refractivity contribution in [2.75, 3.05) is 12.3 Å². The van der Waals surface area contributed by atoms with Crippen LogP contribution < -0.4 is 11.1 Å². The fourth-order valence-electron chi connectivity index (χ4n) is 2.11. The fourth-order valence-corrected chi connectivity index (χ4v) is 3.33. The molecule has 0 spiro atoms. The molecule has 1 aromatic rings. The summed E-state index contributed by atoms with van der Waals surface area (Å²) in [5.41, 5.74) is 7.38. The predicted molar refractivity (Wildman–Crippen MR) is 84.3 cm³/mol. The molecule has 1 atom stereocenters. The Morgan fingerprint density at radius 1 is 1.35 bits per heavy atom. The van der Waals surface area contributed by atoms with Crippen LogP contribution in [0.5, 0.6) is 0 Å². The molecule has 0 aliphatic carbocycles. The zero-order chi connectivity index (χ0) is 14.2. The first-order chi connectivity index (χ1) is 9.79. The Kier molecular flexibility index (Phi) is 5.97. The fraction of sp³-hybridized carbons (Fsp3) is 0.438. The maximum absolute atomic E-state index is 12.0. The van der Waals surface area contributed by atoms with Gasteiger partial charge in [0.15, 0.2) is 0 Å². The van der Waals surface area contributed by atoms with Crippen LogP contribution in [0.2, 0.25) is 0 Å². The van der Waals surface area contributed by atoms with Crippen molar-refractivity contribution < 1.29 is 4.79 Å². The minimum atomic E-state index is 0.137. The molecule has 1 amide bonds. The van der Waals surface area contributed by atoms with E-state index < -0.39 is 0 Å². The Hall–Kier alpha value is -1.44. The van der Waals surface area contributed by atoms with Crippen molar-refractivity contribution in [1.29, 1.82) is 0 Å². The first kappa shape index (κ1) is 15.0. The molecule has 3 nitrogen and oxygen atoms in total. The summed E-state index contributed by atoms with van der Waals surface area (Å²) in [5.74, 6) is 7.08. The van der Waals surface area contributed by atoms with Gasteiger partial charge in [0.2, 0.25) is 5.91 Å². The van der Waals surface area contributed by atoms with E-state index in [1.165, 1.54) is 12.8 Å². The van der Waals surface area contributed by atoms with Crippen LogP contribution in [-0.4, -0.2) is 23.5 Å². The lowest BCUT2D eigenvalue weighted by atomic mass is 10.1. The van der Waals surface area contributed by atoms with E-state index in [2.05, 4.69) is 17.2 Å². The molecule has 0 radical (unpaired) electrons. The molecule has 2 rings (SSSR count). The normalized spacial score (nSPS) is 17.9. The first-order valence-corrected chi connectivity index (χ1v) is 8.01. The molecule has 106 valence electrons. The summed E-state index contributed by atoms with van der Waals surface area (Å²) in [6.07, 6.45) is 3.41. The van der Waals surface area contributed by atoms with Crippen LogP contribution in [0.4, 0.5) is 0 Å². The number of carbonyl (C=O) groups is 1. The summed E-state index contributed by atoms with van der Waals surface area (Å²) in [4.78, 5) is 12.0. The monoisotopic (exact) mass is 288 g/mol. The Morgan fingerprint density at radius 2 is 2.15 bits per heavy atom. The van der Waals surface area contributed by atoms with E-state index in [4.69, 9.17) is 5.73 Å². The molecule has 1 aromatic carbocycles. The third-order valence-corrected chi connectivity index (χ3v) is 4.60. The Balaban J connectivity index is 1.82. The van der Waals surface area contributed by atoms with E-state index in [1.807, 2.05) is 24.3 Å². The SMILES string of the molecule is NCC#Cc1ccc(CNC(=O)C2CCCCS2)cc1. The van der Waals surface area contributed by atoms with Gasteiger partial charge in [0.1, 0.15) is 0 Å². The van der Waals surface area contributed by atoms with Crippen LogP contribution in [0.3, 0.4) is 0 Å². The molecule has 0 aromatic heterocycles. The lowest BCUT2D eigenvalue weighted by Gasteiger charge is -2.20. The number of amides is 1. The predicted octanol–water partition coefficient (Wildman–Crippen LogP) is 1.90. The highest BCUT2D eigenvalue weighted by atomic mass is 32.2. The summed E-state index contributed by atoms with van der Waals surface area (Å²) < 4.78 is 0. The van der Waals surface area contributed by atoms with E-state index in [-0.39, 0.29) is 11.2 Å². The third kappa shape index (κ3) is 4.59. The van der Waals surface area contributed by atoms with Crippen LogP contribution in [0.15, 0.2) is 24.3 Å². The highest BCUT2D eigenvalue weighted by Gasteiger charge is 2.21. The second-order valence-electron chi connectivity index (χ2n) is 4.78. The van der Waals surface area contributed by atoms with Gasteiger partial charge in [-0.2, -0.15) is 0 Å². The van der Waals surface area contributed by atoms with Crippen LogP contribution >= 0.6 is 11.8 Å². The Labute approximate surface area is 124 Å². The van der Waals surface area contributed by atoms with Gasteiger partial charge >= 0.3 is 0 Å². The van der Waals surface area contributed by atoms with Crippen molar-refractivity contribution in [2.24, 2.45) is 5.73 Å². The zero-order valence-corrected chi connectivity index (χ0v) is 12.3. The third-order valence-electron chi connectivity index (χ3n) is 3.23. The molecular formula is C16H20N2OS. The van der Waals surface area contributed by atoms with E-state index in [0.29, 0.717) is 13.1 Å². The van der Waals surface area contributed by atoms with E-state index >= 15 is 0 Å². The largest absolute Gasteiger partial charge is 0.351 e. The highest BCUT2D eigenvalue weighted by Crippen LogP contribution is 2.25. The minimum Gasteiger partial charge on any atom is -0.351 e. The summed E-state index contributed by atoms with van der Waals surface area (Å²) in [6.45, 7) is 0.956. The number of rotatable bonds is 3. The number of hydrogen-bond donors (Lipinski definition) is 2. The number of thioether (sulfide) groups is 1. The van der Waals surface area contributed by atoms with Gasteiger partial charge in [-0.3, -0.25) is 4.79 Å². The minimum absolute atomic E-state index is 0.137. The molecule has 4 heteroatoms. The van der Waals surface area contributed by atoms with Crippen molar-refractivity contribution in [1.82, 2.24) is 5.32 Å². The van der Waals surface area contributed by atoms with Gasteiger partial charge in [-0.1, -0.05) is 30.4 Å². The number of nitrogens with two attached hydrogens (primary N) is 1. The van der Waals surface area contributed by atoms with Crippen molar-refractivity contribution in [3.05, 3.63) is 35.4 Å². The van der Waals surface area contributed by atoms with Gasteiger partial charge in [0.25, 0.3) is 0 Å². The topological polar surface area (TPSA) is 55.1 Å². The highest BCUT2D eigenvalue weighted by molar-refractivity contribution is 8.00. The number of hydrogen-bond acceptors (Lipinski definition) is 3. The second-order valence-corrected chi connectivity index (χ2v) is 6.09. The standard InChI is InChI=1S/C16H20N2OS/c17-10-3-4-13-6-8-14(9-7-13)12-18-16(19)15-5-1-2-11-20-15/h6-9,15H,1-2,5,10-12,17H2,(H,18,19). The van der Waals surface area contributed by atoms with Crippen LogP contribution in [0, 0.1) is 11.8 Å². The van der Waals surface area contributed by atoms with E-state index in [1.54, 1.807) is 11.8 Å². The quantitative estimate of drug-likeness (QED) is 0.835. The van der Waals surface area contributed by atoms with Crippen molar-refractivity contribution in [3.8, 4) is 11.8 Å². The molecule has 1 fully saturated rings. The molecule has 0 saturated carbocycles. The maximum atomic E-state index is 12.0. The van der Waals surface area contributed by atoms with Gasteiger partial charge in [-0.05, 0) is 36.3 Å². The number of carbonyl (C=O) groups excluding carboxylic acids is 1. The van der Waals surface area contributed by atoms with E-state index in [0.717, 1.165) is 23.3 Å². The first-order valence-electron chi connectivity index (χ1n) is 6.97. The molecular weight excluding hydrogens is 268 g/mol. The Morgan fingerprint density at radius 3 is 2.80 bits per heavy atom. The molecule has 1 saturated heterocycles. The maximum Gasteiger partial charge on any atom is 0.233 e. The summed E-state index contributed by atoms with van der Waals surface area (Å²) in [7, 11) is 0. The van der Waals surface area contributed by atoms with Gasteiger partial charge in [0.05, 0.1) is 11.8 Å². The Bertz CT molecular complexity index is 495. The summed E-state index contributed by atoms with van der Waals surface area (Å²) in [6, 6.07) is 7.91. The van der Waals surface area contributed by atoms with Crippen molar-refractivity contribution in [2.45, 2.75) is 31.1 Å². The molecule has 1 heterocycles. The zero-order valence-electron chi connectivity index (χ0n) is 11.5. The molecule has 20 heavy (non-hydrogen) atoms. The molecule has 1 aliphatic rings. The summed E-state index contributed by atoms with van der Waals surface area (Å²) in [5, 5.41) is 3.15. The average Bonchev–Trinajstić information content (AvgIpc) is 2.52. The van der Waals surface area contributed by atoms with Gasteiger partial charge < -0.3 is 11.1 Å². The van der Waals surface area contributed by atoms with Crippen molar-refractivity contribution in [3.63, 3.8) is 0 Å². The number of benzene rings is 1. The smallest absolute Gasteiger partial charge is 0.233 e. The number of nitrogens with one attached hydrogen (secondary N) is 1. The molecule has 0 bridgehead atoms. The second kappa shape index (κ2) is 7.98. The molecule has 1 unspecified atom stereocenters. The average molecular weight is 288 g/mol. The van der Waals surface area contributed by atoms with Crippen LogP contribution in [0.1, 0.15) is 30.4 Å². The summed E-state index contributed by atoms with van der Waals surface area (Å²) >= 11 is 1.78. The van der Waals surface area contributed by atoms with Crippen LogP contribution in [0.25, 0.3) is 0 Å².